The number of hydrogen-bond acceptors (Lipinski definition) is 5. The minimum Gasteiger partial charge on any atom is -0.480 e. The lowest BCUT2D eigenvalue weighted by atomic mass is 9.98. The highest BCUT2D eigenvalue weighted by Gasteiger charge is 2.51. The number of fused-ring (bicyclic) bond motifs is 3. The molecule has 2 atom stereocenters. The summed E-state index contributed by atoms with van der Waals surface area (Å²) >= 11 is 1.02. The van der Waals surface area contributed by atoms with Crippen molar-refractivity contribution in [2.75, 3.05) is 18.2 Å². The molecule has 1 fully saturated rings. The highest BCUT2D eigenvalue weighted by Crippen LogP contribution is 2.44. The minimum atomic E-state index is -5.13. The summed E-state index contributed by atoms with van der Waals surface area (Å²) in [5.74, 6) is -3.55. The first-order valence-corrected chi connectivity index (χ1v) is 11.1. The van der Waals surface area contributed by atoms with Gasteiger partial charge < -0.3 is 20.1 Å². The second-order valence-electron chi connectivity index (χ2n) is 7.61. The van der Waals surface area contributed by atoms with Crippen molar-refractivity contribution in [1.29, 1.82) is 0 Å². The van der Waals surface area contributed by atoms with E-state index in [-0.39, 0.29) is 24.2 Å². The Balaban J connectivity index is 1.47. The number of carbonyl (C=O) groups is 3. The molecule has 7 nitrogen and oxygen atoms in total. The number of alkyl carbamates (subject to hydrolysis) is 1. The highest BCUT2D eigenvalue weighted by atomic mass is 32.2. The Labute approximate surface area is 190 Å². The molecule has 1 saturated heterocycles. The zero-order valence-corrected chi connectivity index (χ0v) is 17.9. The van der Waals surface area contributed by atoms with E-state index in [4.69, 9.17) is 9.84 Å². The molecule has 1 aliphatic heterocycles. The smallest absolute Gasteiger partial charge is 0.417 e. The van der Waals surface area contributed by atoms with Crippen molar-refractivity contribution in [3.63, 3.8) is 0 Å². The van der Waals surface area contributed by atoms with Crippen molar-refractivity contribution in [1.82, 2.24) is 10.2 Å². The number of carbonyl (C=O) groups excluding carboxylic acids is 2. The molecule has 0 bridgehead atoms. The number of carboxylic acid groups (broad SMARTS) is 1. The number of carboxylic acids is 1. The van der Waals surface area contributed by atoms with Gasteiger partial charge in [-0.1, -0.05) is 48.5 Å². The Morgan fingerprint density at radius 1 is 1.09 bits per heavy atom. The Hall–Kier alpha value is -3.21. The molecule has 2 aliphatic rings. The van der Waals surface area contributed by atoms with Gasteiger partial charge in [0.2, 0.25) is 6.04 Å². The molecule has 0 spiro atoms. The molecule has 0 saturated carbocycles. The summed E-state index contributed by atoms with van der Waals surface area (Å²) in [4.78, 5) is 36.6. The van der Waals surface area contributed by atoms with E-state index in [9.17, 15) is 27.6 Å². The van der Waals surface area contributed by atoms with Gasteiger partial charge >= 0.3 is 18.2 Å². The van der Waals surface area contributed by atoms with Crippen molar-refractivity contribution in [3.8, 4) is 11.1 Å². The molecule has 0 aromatic heterocycles. The summed E-state index contributed by atoms with van der Waals surface area (Å²) in [6.45, 7) is -0.226. The summed E-state index contributed by atoms with van der Waals surface area (Å²) in [7, 11) is 0. The van der Waals surface area contributed by atoms with E-state index in [1.54, 1.807) is 5.32 Å². The van der Waals surface area contributed by atoms with Crippen LogP contribution in [-0.2, 0) is 14.3 Å². The summed E-state index contributed by atoms with van der Waals surface area (Å²) in [6.07, 6.45) is -6.54. The minimum absolute atomic E-state index is 0.0312. The van der Waals surface area contributed by atoms with Crippen LogP contribution >= 0.6 is 11.8 Å². The van der Waals surface area contributed by atoms with E-state index in [0.29, 0.717) is 4.90 Å². The number of aliphatic carboxylic acids is 1. The van der Waals surface area contributed by atoms with Crippen LogP contribution in [0.25, 0.3) is 11.1 Å². The normalized spacial score (nSPS) is 18.4. The van der Waals surface area contributed by atoms with Crippen molar-refractivity contribution in [2.24, 2.45) is 0 Å². The average Bonchev–Trinajstić information content (AvgIpc) is 3.38. The summed E-state index contributed by atoms with van der Waals surface area (Å²) in [5.41, 5.74) is 3.68. The number of rotatable bonds is 5. The van der Waals surface area contributed by atoms with Gasteiger partial charge in [-0.15, -0.1) is 11.8 Å². The standard InChI is InChI=1S/C22H19F3N2O5S/c23-22(24,25)18(19(28)27-11-33-10-17(27)20(29)30)26-21(31)32-9-16-14-7-3-1-5-12(14)13-6-2-4-8-15(13)16/h1-8,16-18H,9-11H2,(H,26,31)(H,29,30)/t17-,18?/m0/s1. The van der Waals surface area contributed by atoms with Gasteiger partial charge in [-0.2, -0.15) is 13.2 Å². The van der Waals surface area contributed by atoms with Crippen LogP contribution in [0.1, 0.15) is 17.0 Å². The van der Waals surface area contributed by atoms with Gasteiger partial charge in [0.05, 0.1) is 5.88 Å². The maximum Gasteiger partial charge on any atom is 0.417 e. The first kappa shape index (κ1) is 23.0. The van der Waals surface area contributed by atoms with Crippen LogP contribution in [0.2, 0.25) is 0 Å². The third-order valence-electron chi connectivity index (χ3n) is 5.63. The fourth-order valence-corrected chi connectivity index (χ4v) is 5.23. The quantitative estimate of drug-likeness (QED) is 0.681. The Morgan fingerprint density at radius 2 is 1.67 bits per heavy atom. The molecule has 33 heavy (non-hydrogen) atoms. The topological polar surface area (TPSA) is 95.9 Å². The lowest BCUT2D eigenvalue weighted by molar-refractivity contribution is -0.176. The van der Waals surface area contributed by atoms with Gasteiger partial charge in [0, 0.05) is 11.7 Å². The van der Waals surface area contributed by atoms with Gasteiger partial charge in [0.15, 0.2) is 0 Å². The predicted octanol–water partition coefficient (Wildman–Crippen LogP) is 3.44. The van der Waals surface area contributed by atoms with Crippen molar-refractivity contribution in [2.45, 2.75) is 24.2 Å². The van der Waals surface area contributed by atoms with E-state index in [1.807, 2.05) is 48.5 Å². The van der Waals surface area contributed by atoms with Crippen molar-refractivity contribution >= 4 is 29.7 Å². The van der Waals surface area contributed by atoms with Gasteiger partial charge in [-0.05, 0) is 22.3 Å². The summed E-state index contributed by atoms with van der Waals surface area (Å²) in [6, 6.07) is 10.6. The third kappa shape index (κ3) is 4.50. The number of nitrogens with one attached hydrogen (secondary N) is 1. The van der Waals surface area contributed by atoms with Gasteiger partial charge in [-0.3, -0.25) is 4.79 Å². The molecule has 2 amide bonds. The van der Waals surface area contributed by atoms with Crippen LogP contribution in [0.15, 0.2) is 48.5 Å². The van der Waals surface area contributed by atoms with Gasteiger partial charge in [0.25, 0.3) is 5.91 Å². The molecule has 4 rings (SSSR count). The number of ether oxygens (including phenoxy) is 1. The van der Waals surface area contributed by atoms with Crippen LogP contribution in [0.5, 0.6) is 0 Å². The van der Waals surface area contributed by atoms with E-state index in [0.717, 1.165) is 34.0 Å². The van der Waals surface area contributed by atoms with Crippen LogP contribution in [0, 0.1) is 0 Å². The van der Waals surface area contributed by atoms with E-state index in [2.05, 4.69) is 0 Å². The molecule has 1 unspecified atom stereocenters. The zero-order valence-electron chi connectivity index (χ0n) is 17.0. The SMILES string of the molecule is O=C(NC(C(=O)N1CSC[C@H]1C(=O)O)C(F)(F)F)OCC1c2ccccc2-c2ccccc21. The fourth-order valence-electron chi connectivity index (χ4n) is 4.07. The molecule has 174 valence electrons. The molecular formula is C22H19F3N2O5S. The zero-order chi connectivity index (χ0) is 23.8. The largest absolute Gasteiger partial charge is 0.480 e. The number of benzene rings is 2. The molecule has 2 N–H and O–H groups in total. The van der Waals surface area contributed by atoms with Crippen molar-refractivity contribution in [3.05, 3.63) is 59.7 Å². The second-order valence-corrected chi connectivity index (χ2v) is 8.61. The molecule has 2 aromatic carbocycles. The molecular weight excluding hydrogens is 461 g/mol. The molecule has 11 heteroatoms. The molecule has 2 aromatic rings. The second kappa shape index (κ2) is 8.97. The Morgan fingerprint density at radius 3 is 2.21 bits per heavy atom. The van der Waals surface area contributed by atoms with E-state index in [1.165, 1.54) is 0 Å². The number of amides is 2. The third-order valence-corrected chi connectivity index (χ3v) is 6.64. The number of alkyl halides is 3. The van der Waals surface area contributed by atoms with Crippen LogP contribution in [-0.4, -0.2) is 64.5 Å². The number of hydrogen-bond donors (Lipinski definition) is 2. The summed E-state index contributed by atoms with van der Waals surface area (Å²) < 4.78 is 45.8. The highest BCUT2D eigenvalue weighted by molar-refractivity contribution is 7.99. The first-order chi connectivity index (χ1) is 15.7. The first-order valence-electron chi connectivity index (χ1n) is 9.97. The van der Waals surface area contributed by atoms with Crippen LogP contribution in [0.3, 0.4) is 0 Å². The maximum absolute atomic E-state index is 13.6. The Kier molecular flexibility index (Phi) is 6.24. The summed E-state index contributed by atoms with van der Waals surface area (Å²) in [5, 5.41) is 10.7. The van der Waals surface area contributed by atoms with E-state index < -0.39 is 36.2 Å². The lowest BCUT2D eigenvalue weighted by Crippen LogP contribution is -2.58. The lowest BCUT2D eigenvalue weighted by Gasteiger charge is -2.27. The molecule has 1 heterocycles. The van der Waals surface area contributed by atoms with Crippen molar-refractivity contribution < 1.29 is 37.4 Å². The maximum atomic E-state index is 13.6. The average molecular weight is 480 g/mol. The Bertz CT molecular complexity index is 1050. The number of nitrogens with zero attached hydrogens (tertiary/aromatic N) is 1. The van der Waals surface area contributed by atoms with Crippen LogP contribution < -0.4 is 5.32 Å². The molecule has 1 aliphatic carbocycles. The fraction of sp³-hybridized carbons (Fsp3) is 0.318. The van der Waals surface area contributed by atoms with Gasteiger partial charge in [0.1, 0.15) is 12.6 Å². The van der Waals surface area contributed by atoms with E-state index >= 15 is 0 Å². The number of thioether (sulfide) groups is 1. The molecule has 0 radical (unpaired) electrons. The van der Waals surface area contributed by atoms with Crippen LogP contribution in [0.4, 0.5) is 18.0 Å². The predicted molar refractivity (Wildman–Crippen MR) is 114 cm³/mol. The van der Waals surface area contributed by atoms with Gasteiger partial charge in [-0.25, -0.2) is 9.59 Å². The number of halogens is 3. The monoisotopic (exact) mass is 480 g/mol.